The van der Waals surface area contributed by atoms with Gasteiger partial charge >= 0.3 is 5.97 Å². The number of esters is 1. The summed E-state index contributed by atoms with van der Waals surface area (Å²) in [7, 11) is 0. The number of hydrogen-bond acceptors (Lipinski definition) is 5. The maximum Gasteiger partial charge on any atom is 0.308 e. The number of hydrogen-bond donors (Lipinski definition) is 2. The fourth-order valence-electron chi connectivity index (χ4n) is 2.84. The Labute approximate surface area is 138 Å². The number of nitrogens with one attached hydrogen (secondary N) is 1. The Hall–Kier alpha value is -1.43. The lowest BCUT2D eigenvalue weighted by Crippen LogP contribution is -2.41. The first-order chi connectivity index (χ1) is 10.7. The number of carbonyl (C=O) groups is 3. The van der Waals surface area contributed by atoms with Crippen molar-refractivity contribution in [1.29, 1.82) is 0 Å². The molecule has 0 heterocycles. The summed E-state index contributed by atoms with van der Waals surface area (Å²) in [5, 5.41) is 12.6. The van der Waals surface area contributed by atoms with Crippen LogP contribution in [0, 0.1) is 5.92 Å². The lowest BCUT2D eigenvalue weighted by atomic mass is 9.84. The number of aliphatic hydroxyl groups excluding tert-OH is 1. The average Bonchev–Trinajstić information content (AvgIpc) is 2.45. The molecule has 0 saturated heterocycles. The van der Waals surface area contributed by atoms with Gasteiger partial charge in [0.2, 0.25) is 5.91 Å². The van der Waals surface area contributed by atoms with Crippen molar-refractivity contribution in [3.05, 3.63) is 0 Å². The first-order valence-electron chi connectivity index (χ1n) is 8.36. The fraction of sp³-hybridized carbons (Fsp3) is 0.824. The molecule has 0 aromatic heterocycles. The zero-order chi connectivity index (χ0) is 17.5. The summed E-state index contributed by atoms with van der Waals surface area (Å²) in [5.41, 5.74) is -0.633. The SMILES string of the molecule is CC(C)(C)OC(=O)C[C@@H](C=O)NC(=O)CC(O)C1CCCCC1. The van der Waals surface area contributed by atoms with Gasteiger partial charge in [-0.25, -0.2) is 0 Å². The van der Waals surface area contributed by atoms with Gasteiger partial charge in [-0.2, -0.15) is 0 Å². The summed E-state index contributed by atoms with van der Waals surface area (Å²) >= 11 is 0. The molecule has 6 heteroatoms. The predicted octanol–water partition coefficient (Wildman–Crippen LogP) is 1.73. The molecule has 1 saturated carbocycles. The third-order valence-corrected chi connectivity index (χ3v) is 3.91. The molecule has 1 rings (SSSR count). The number of ether oxygens (including phenoxy) is 1. The second kappa shape index (κ2) is 9.01. The van der Waals surface area contributed by atoms with Gasteiger partial charge in [-0.1, -0.05) is 19.3 Å². The van der Waals surface area contributed by atoms with Gasteiger partial charge < -0.3 is 20.0 Å². The molecule has 6 nitrogen and oxygen atoms in total. The van der Waals surface area contributed by atoms with Crippen LogP contribution in [0.25, 0.3) is 0 Å². The molecule has 1 fully saturated rings. The standard InChI is InChI=1S/C17H29NO5/c1-17(2,3)23-16(22)9-13(11-19)18-15(21)10-14(20)12-7-5-4-6-8-12/h11-14,20H,4-10H2,1-3H3,(H,18,21)/t13-,14?/m0/s1. The molecule has 0 aromatic rings. The molecule has 1 aliphatic carbocycles. The van der Waals surface area contributed by atoms with E-state index in [-0.39, 0.29) is 18.8 Å². The Bertz CT molecular complexity index is 410. The van der Waals surface area contributed by atoms with E-state index in [1.807, 2.05) is 0 Å². The van der Waals surface area contributed by atoms with Crippen molar-refractivity contribution in [2.24, 2.45) is 5.92 Å². The van der Waals surface area contributed by atoms with Gasteiger partial charge in [-0.3, -0.25) is 9.59 Å². The zero-order valence-electron chi connectivity index (χ0n) is 14.3. The van der Waals surface area contributed by atoms with Crippen molar-refractivity contribution in [2.75, 3.05) is 0 Å². The normalized spacial score (nSPS) is 18.8. The van der Waals surface area contributed by atoms with E-state index in [4.69, 9.17) is 4.74 Å². The third kappa shape index (κ3) is 8.11. The predicted molar refractivity (Wildman–Crippen MR) is 85.7 cm³/mol. The highest BCUT2D eigenvalue weighted by atomic mass is 16.6. The molecule has 2 N–H and O–H groups in total. The van der Waals surface area contributed by atoms with Gasteiger partial charge in [-0.15, -0.1) is 0 Å². The van der Waals surface area contributed by atoms with E-state index in [1.165, 1.54) is 6.42 Å². The molecule has 1 amide bonds. The minimum Gasteiger partial charge on any atom is -0.460 e. The van der Waals surface area contributed by atoms with Crippen LogP contribution in [-0.4, -0.2) is 41.0 Å². The van der Waals surface area contributed by atoms with Gasteiger partial charge in [0.05, 0.1) is 25.0 Å². The van der Waals surface area contributed by atoms with Crippen molar-refractivity contribution in [3.8, 4) is 0 Å². The monoisotopic (exact) mass is 327 g/mol. The first-order valence-corrected chi connectivity index (χ1v) is 8.36. The van der Waals surface area contributed by atoms with Gasteiger partial charge in [-0.05, 0) is 39.5 Å². The van der Waals surface area contributed by atoms with Crippen molar-refractivity contribution in [1.82, 2.24) is 5.32 Å². The van der Waals surface area contributed by atoms with Crippen LogP contribution in [0.4, 0.5) is 0 Å². The highest BCUT2D eigenvalue weighted by Crippen LogP contribution is 2.27. The van der Waals surface area contributed by atoms with E-state index >= 15 is 0 Å². The number of aliphatic hydroxyl groups is 1. The molecular weight excluding hydrogens is 298 g/mol. The number of amides is 1. The number of aldehydes is 1. The van der Waals surface area contributed by atoms with Crippen LogP contribution in [-0.2, 0) is 19.1 Å². The topological polar surface area (TPSA) is 92.7 Å². The van der Waals surface area contributed by atoms with Crippen LogP contribution >= 0.6 is 0 Å². The lowest BCUT2D eigenvalue weighted by Gasteiger charge is -2.26. The molecule has 0 aliphatic heterocycles. The molecule has 0 radical (unpaired) electrons. The Morgan fingerprint density at radius 3 is 2.35 bits per heavy atom. The summed E-state index contributed by atoms with van der Waals surface area (Å²) in [6.45, 7) is 5.21. The summed E-state index contributed by atoms with van der Waals surface area (Å²) in [5.74, 6) is -0.804. The van der Waals surface area contributed by atoms with Gasteiger partial charge in [0, 0.05) is 0 Å². The van der Waals surface area contributed by atoms with Crippen molar-refractivity contribution < 1.29 is 24.2 Å². The van der Waals surface area contributed by atoms with Gasteiger partial charge in [0.15, 0.2) is 0 Å². The lowest BCUT2D eigenvalue weighted by molar-refractivity contribution is -0.155. The molecule has 0 bridgehead atoms. The van der Waals surface area contributed by atoms with E-state index in [9.17, 15) is 19.5 Å². The highest BCUT2D eigenvalue weighted by Gasteiger charge is 2.26. The first kappa shape index (κ1) is 19.6. The minimum atomic E-state index is -0.920. The van der Waals surface area contributed by atoms with E-state index in [1.54, 1.807) is 20.8 Å². The van der Waals surface area contributed by atoms with Crippen LogP contribution in [0.5, 0.6) is 0 Å². The number of rotatable bonds is 7. The Balaban J connectivity index is 2.40. The number of carbonyl (C=O) groups excluding carboxylic acids is 3. The van der Waals surface area contributed by atoms with Crippen molar-refractivity contribution in [3.63, 3.8) is 0 Å². The highest BCUT2D eigenvalue weighted by molar-refractivity contribution is 5.83. The second-order valence-electron chi connectivity index (χ2n) is 7.27. The molecule has 132 valence electrons. The van der Waals surface area contributed by atoms with Crippen LogP contribution in [0.1, 0.15) is 65.7 Å². The second-order valence-corrected chi connectivity index (χ2v) is 7.27. The molecule has 0 aromatic carbocycles. The van der Waals surface area contributed by atoms with E-state index in [2.05, 4.69) is 5.32 Å². The van der Waals surface area contributed by atoms with E-state index in [0.717, 1.165) is 25.7 Å². The summed E-state index contributed by atoms with van der Waals surface area (Å²) in [4.78, 5) is 34.7. The molecule has 1 aliphatic rings. The van der Waals surface area contributed by atoms with Crippen LogP contribution < -0.4 is 5.32 Å². The maximum atomic E-state index is 12.0. The van der Waals surface area contributed by atoms with Crippen molar-refractivity contribution in [2.45, 2.75) is 83.5 Å². The summed E-state index contributed by atoms with van der Waals surface area (Å²) in [6.07, 6.45) is 4.80. The molecule has 2 atom stereocenters. The van der Waals surface area contributed by atoms with E-state index in [0.29, 0.717) is 6.29 Å². The maximum absolute atomic E-state index is 12.0. The largest absolute Gasteiger partial charge is 0.460 e. The Morgan fingerprint density at radius 1 is 1.22 bits per heavy atom. The Morgan fingerprint density at radius 2 is 1.83 bits per heavy atom. The molecule has 0 spiro atoms. The van der Waals surface area contributed by atoms with Crippen LogP contribution in [0.2, 0.25) is 0 Å². The summed E-state index contributed by atoms with van der Waals surface area (Å²) < 4.78 is 5.13. The molecular formula is C17H29NO5. The average molecular weight is 327 g/mol. The third-order valence-electron chi connectivity index (χ3n) is 3.91. The molecule has 1 unspecified atom stereocenters. The van der Waals surface area contributed by atoms with Crippen LogP contribution in [0.3, 0.4) is 0 Å². The van der Waals surface area contributed by atoms with Crippen LogP contribution in [0.15, 0.2) is 0 Å². The van der Waals surface area contributed by atoms with Gasteiger partial charge in [0.25, 0.3) is 0 Å². The summed E-state index contributed by atoms with van der Waals surface area (Å²) in [6, 6.07) is -0.920. The molecule has 23 heavy (non-hydrogen) atoms. The smallest absolute Gasteiger partial charge is 0.308 e. The Kier molecular flexibility index (Phi) is 7.68. The quantitative estimate of drug-likeness (QED) is 0.549. The van der Waals surface area contributed by atoms with Crippen molar-refractivity contribution >= 4 is 18.2 Å². The minimum absolute atomic E-state index is 0.0384. The zero-order valence-corrected chi connectivity index (χ0v) is 14.3. The fourth-order valence-corrected chi connectivity index (χ4v) is 2.84. The van der Waals surface area contributed by atoms with Gasteiger partial charge in [0.1, 0.15) is 11.9 Å². The van der Waals surface area contributed by atoms with E-state index < -0.39 is 29.6 Å².